The van der Waals surface area contributed by atoms with E-state index in [0.717, 1.165) is 19.4 Å². The van der Waals surface area contributed by atoms with Gasteiger partial charge in [0.05, 0.1) is 6.54 Å². The summed E-state index contributed by atoms with van der Waals surface area (Å²) in [4.78, 5) is 11.6. The molecule has 1 aliphatic carbocycles. The van der Waals surface area contributed by atoms with E-state index in [1.54, 1.807) is 0 Å². The number of carbonyl (C=O) groups is 1. The van der Waals surface area contributed by atoms with Crippen molar-refractivity contribution in [2.24, 2.45) is 5.92 Å². The van der Waals surface area contributed by atoms with Gasteiger partial charge in [0.15, 0.2) is 0 Å². The molecule has 1 aliphatic rings. The molecular weight excluding hydrogens is 248 g/mol. The van der Waals surface area contributed by atoms with Crippen LogP contribution in [0.1, 0.15) is 43.7 Å². The summed E-state index contributed by atoms with van der Waals surface area (Å²) >= 11 is 0. The van der Waals surface area contributed by atoms with E-state index < -0.39 is 0 Å². The smallest absolute Gasteiger partial charge is 0.233 e. The van der Waals surface area contributed by atoms with E-state index in [-0.39, 0.29) is 5.91 Å². The van der Waals surface area contributed by atoms with Crippen LogP contribution in [0.5, 0.6) is 0 Å². The third-order valence-electron chi connectivity index (χ3n) is 3.95. The lowest BCUT2D eigenvalue weighted by atomic mass is 9.76. The van der Waals surface area contributed by atoms with Crippen molar-refractivity contribution in [1.29, 1.82) is 0 Å². The number of amides is 1. The molecule has 1 fully saturated rings. The Labute approximate surface area is 122 Å². The Morgan fingerprint density at radius 1 is 1.25 bits per heavy atom. The predicted octanol–water partition coefficient (Wildman–Crippen LogP) is 2.60. The second kappa shape index (κ2) is 6.89. The molecule has 2 N–H and O–H groups in total. The molecule has 0 aliphatic heterocycles. The van der Waals surface area contributed by atoms with Gasteiger partial charge >= 0.3 is 0 Å². The summed E-state index contributed by atoms with van der Waals surface area (Å²) in [7, 11) is 0. The fourth-order valence-electron chi connectivity index (χ4n) is 2.51. The first kappa shape index (κ1) is 15.0. The van der Waals surface area contributed by atoms with Crippen LogP contribution < -0.4 is 10.6 Å². The lowest BCUT2D eigenvalue weighted by Crippen LogP contribution is -2.45. The van der Waals surface area contributed by atoms with Gasteiger partial charge in [-0.1, -0.05) is 43.7 Å². The van der Waals surface area contributed by atoms with Crippen LogP contribution in [-0.2, 0) is 4.79 Å². The number of nitrogens with one attached hydrogen (secondary N) is 2. The van der Waals surface area contributed by atoms with Gasteiger partial charge in [-0.25, -0.2) is 0 Å². The van der Waals surface area contributed by atoms with Gasteiger partial charge in [-0.2, -0.15) is 0 Å². The highest BCUT2D eigenvalue weighted by Crippen LogP contribution is 2.36. The lowest BCUT2D eigenvalue weighted by Gasteiger charge is -2.36. The molecule has 1 saturated carbocycles. The summed E-state index contributed by atoms with van der Waals surface area (Å²) in [5.41, 5.74) is 2.74. The molecule has 0 saturated heterocycles. The van der Waals surface area contributed by atoms with E-state index in [9.17, 15) is 4.79 Å². The zero-order valence-corrected chi connectivity index (χ0v) is 12.8. The lowest BCUT2D eigenvalue weighted by molar-refractivity contribution is -0.120. The molecule has 1 aromatic rings. The van der Waals surface area contributed by atoms with Crippen LogP contribution in [0, 0.1) is 12.8 Å². The average Bonchev–Trinajstić information content (AvgIpc) is 2.36. The van der Waals surface area contributed by atoms with Gasteiger partial charge in [0.2, 0.25) is 5.91 Å². The molecule has 0 heterocycles. The highest BCUT2D eigenvalue weighted by molar-refractivity contribution is 5.78. The first-order valence-electron chi connectivity index (χ1n) is 7.61. The summed E-state index contributed by atoms with van der Waals surface area (Å²) in [5.74, 6) is 1.28. The number of benzene rings is 1. The maximum Gasteiger partial charge on any atom is 0.233 e. The van der Waals surface area contributed by atoms with Crippen molar-refractivity contribution in [3.63, 3.8) is 0 Å². The fraction of sp³-hybridized carbons (Fsp3) is 0.588. The highest BCUT2D eigenvalue weighted by atomic mass is 16.1. The maximum atomic E-state index is 11.6. The number of hydrogen-bond acceptors (Lipinski definition) is 2. The van der Waals surface area contributed by atoms with Crippen molar-refractivity contribution in [1.82, 2.24) is 10.6 Å². The third kappa shape index (κ3) is 4.34. The minimum Gasteiger partial charge on any atom is -0.355 e. The quantitative estimate of drug-likeness (QED) is 0.837. The monoisotopic (exact) mass is 274 g/mol. The van der Waals surface area contributed by atoms with Gasteiger partial charge in [-0.3, -0.25) is 4.79 Å². The molecule has 1 aromatic carbocycles. The standard InChI is InChI=1S/C17H26N2O/c1-12(2)10-19-17(20)11-18-16-8-15(9-16)14-6-4-13(3)5-7-14/h4-7,12,15-16,18H,8-11H2,1-3H3,(H,19,20). The first-order valence-corrected chi connectivity index (χ1v) is 7.61. The van der Waals surface area contributed by atoms with Crippen molar-refractivity contribution in [3.8, 4) is 0 Å². The molecule has 3 heteroatoms. The number of hydrogen-bond donors (Lipinski definition) is 2. The minimum absolute atomic E-state index is 0.109. The van der Waals surface area contributed by atoms with Gasteiger partial charge < -0.3 is 10.6 Å². The summed E-state index contributed by atoms with van der Waals surface area (Å²) in [6.45, 7) is 7.53. The molecule has 0 bridgehead atoms. The highest BCUT2D eigenvalue weighted by Gasteiger charge is 2.29. The fourth-order valence-corrected chi connectivity index (χ4v) is 2.51. The summed E-state index contributed by atoms with van der Waals surface area (Å²) in [6, 6.07) is 9.30. The number of aryl methyl sites for hydroxylation is 1. The molecule has 0 radical (unpaired) electrons. The molecule has 0 atom stereocenters. The Morgan fingerprint density at radius 3 is 2.50 bits per heavy atom. The Kier molecular flexibility index (Phi) is 5.18. The van der Waals surface area contributed by atoms with Gasteiger partial charge in [0, 0.05) is 12.6 Å². The average molecular weight is 274 g/mol. The van der Waals surface area contributed by atoms with Gasteiger partial charge in [-0.05, 0) is 37.2 Å². The molecule has 2 rings (SSSR count). The van der Waals surface area contributed by atoms with Crippen molar-refractivity contribution < 1.29 is 4.79 Å². The van der Waals surface area contributed by atoms with E-state index in [1.165, 1.54) is 11.1 Å². The topological polar surface area (TPSA) is 41.1 Å². The van der Waals surface area contributed by atoms with Crippen LogP contribution in [0.4, 0.5) is 0 Å². The molecule has 0 spiro atoms. The zero-order chi connectivity index (χ0) is 14.5. The SMILES string of the molecule is Cc1ccc(C2CC(NCC(=O)NCC(C)C)C2)cc1. The Morgan fingerprint density at radius 2 is 1.90 bits per heavy atom. The molecular formula is C17H26N2O. The van der Waals surface area contributed by atoms with Gasteiger partial charge in [-0.15, -0.1) is 0 Å². The number of carbonyl (C=O) groups excluding carboxylic acids is 1. The predicted molar refractivity (Wildman–Crippen MR) is 82.8 cm³/mol. The molecule has 3 nitrogen and oxygen atoms in total. The van der Waals surface area contributed by atoms with E-state index in [0.29, 0.717) is 24.4 Å². The second-order valence-corrected chi connectivity index (χ2v) is 6.35. The van der Waals surface area contributed by atoms with E-state index >= 15 is 0 Å². The Hall–Kier alpha value is -1.35. The van der Waals surface area contributed by atoms with Crippen molar-refractivity contribution in [3.05, 3.63) is 35.4 Å². The second-order valence-electron chi connectivity index (χ2n) is 6.35. The third-order valence-corrected chi connectivity index (χ3v) is 3.95. The summed E-state index contributed by atoms with van der Waals surface area (Å²) in [5, 5.41) is 6.28. The van der Waals surface area contributed by atoms with Crippen LogP contribution in [0.2, 0.25) is 0 Å². The van der Waals surface area contributed by atoms with Crippen molar-refractivity contribution >= 4 is 5.91 Å². The molecule has 110 valence electrons. The van der Waals surface area contributed by atoms with Crippen LogP contribution in [0.25, 0.3) is 0 Å². The van der Waals surface area contributed by atoms with Gasteiger partial charge in [0.25, 0.3) is 0 Å². The van der Waals surface area contributed by atoms with Gasteiger partial charge in [0.1, 0.15) is 0 Å². The van der Waals surface area contributed by atoms with Crippen LogP contribution in [0.15, 0.2) is 24.3 Å². The Balaban J connectivity index is 1.64. The van der Waals surface area contributed by atoms with Crippen LogP contribution in [-0.4, -0.2) is 25.0 Å². The minimum atomic E-state index is 0.109. The molecule has 1 amide bonds. The molecule has 0 unspecified atom stereocenters. The molecule has 20 heavy (non-hydrogen) atoms. The van der Waals surface area contributed by atoms with Crippen LogP contribution >= 0.6 is 0 Å². The normalized spacial score (nSPS) is 21.6. The molecule has 0 aromatic heterocycles. The maximum absolute atomic E-state index is 11.6. The number of rotatable bonds is 6. The van der Waals surface area contributed by atoms with Crippen molar-refractivity contribution in [2.75, 3.05) is 13.1 Å². The summed E-state index contributed by atoms with van der Waals surface area (Å²) in [6.07, 6.45) is 2.28. The van der Waals surface area contributed by atoms with Crippen LogP contribution in [0.3, 0.4) is 0 Å². The van der Waals surface area contributed by atoms with Crippen molar-refractivity contribution in [2.45, 2.75) is 45.6 Å². The first-order chi connectivity index (χ1) is 9.54. The largest absolute Gasteiger partial charge is 0.355 e. The zero-order valence-electron chi connectivity index (χ0n) is 12.8. The van der Waals surface area contributed by atoms with E-state index in [4.69, 9.17) is 0 Å². The summed E-state index contributed by atoms with van der Waals surface area (Å²) < 4.78 is 0. The van der Waals surface area contributed by atoms with E-state index in [2.05, 4.69) is 55.7 Å². The Bertz CT molecular complexity index is 433. The van der Waals surface area contributed by atoms with E-state index in [1.807, 2.05) is 0 Å².